The number of hydrogen-bond acceptors (Lipinski definition) is 2. The molecule has 0 aliphatic heterocycles. The van der Waals surface area contributed by atoms with Gasteiger partial charge in [-0.2, -0.15) is 0 Å². The van der Waals surface area contributed by atoms with Crippen LogP contribution < -0.4 is 0 Å². The van der Waals surface area contributed by atoms with E-state index in [2.05, 4.69) is 10.1 Å². The Balaban J connectivity index is 2.32. The summed E-state index contributed by atoms with van der Waals surface area (Å²) in [6, 6.07) is 12.0. The largest absolute Gasteiger partial charge is 0.299 e. The van der Waals surface area contributed by atoms with Gasteiger partial charge in [-0.1, -0.05) is 42.5 Å². The average molecular weight is 241 g/mol. The molecule has 0 atom stereocenters. The molecule has 0 bridgehead atoms. The third-order valence-electron chi connectivity index (χ3n) is 2.75. The van der Waals surface area contributed by atoms with E-state index in [0.29, 0.717) is 0 Å². The average Bonchev–Trinajstić information content (AvgIpc) is 2.73. The van der Waals surface area contributed by atoms with Gasteiger partial charge in [-0.25, -0.2) is 9.50 Å². The van der Waals surface area contributed by atoms with Crippen molar-refractivity contribution in [3.8, 4) is 11.3 Å². The maximum atomic E-state index is 5.35. The molecule has 3 rings (SSSR count). The van der Waals surface area contributed by atoms with Crippen LogP contribution in [0.3, 0.4) is 0 Å². The zero-order valence-corrected chi connectivity index (χ0v) is 10.2. The molecular formula is C13H11N3S. The number of H-pyrrole nitrogens is 1. The summed E-state index contributed by atoms with van der Waals surface area (Å²) in [5, 5.41) is 3.08. The van der Waals surface area contributed by atoms with Gasteiger partial charge >= 0.3 is 0 Å². The van der Waals surface area contributed by atoms with Crippen molar-refractivity contribution in [3.63, 3.8) is 0 Å². The molecule has 0 spiro atoms. The fourth-order valence-electron chi connectivity index (χ4n) is 1.85. The van der Waals surface area contributed by atoms with Crippen LogP contribution in [0.5, 0.6) is 0 Å². The Morgan fingerprint density at radius 1 is 1.24 bits per heavy atom. The van der Waals surface area contributed by atoms with E-state index in [9.17, 15) is 0 Å². The lowest BCUT2D eigenvalue weighted by Gasteiger charge is -2.02. The monoisotopic (exact) mass is 241 g/mol. The molecule has 1 aromatic carbocycles. The van der Waals surface area contributed by atoms with E-state index in [1.54, 1.807) is 0 Å². The van der Waals surface area contributed by atoms with Crippen LogP contribution in [0.4, 0.5) is 0 Å². The second kappa shape index (κ2) is 3.82. The number of aromatic nitrogens is 3. The maximum absolute atomic E-state index is 5.35. The number of nitrogens with zero attached hydrogens (tertiary/aromatic N) is 2. The summed E-state index contributed by atoms with van der Waals surface area (Å²) in [6.07, 6.45) is 1.91. The third kappa shape index (κ3) is 1.66. The summed E-state index contributed by atoms with van der Waals surface area (Å²) in [7, 11) is 0. The molecule has 0 saturated carbocycles. The SMILES string of the molecule is Cc1c[nH]n2c(=S)cc(-c3ccccc3)nc12. The molecule has 0 saturated heterocycles. The van der Waals surface area contributed by atoms with Crippen molar-refractivity contribution in [2.24, 2.45) is 0 Å². The van der Waals surface area contributed by atoms with Crippen molar-refractivity contribution in [1.29, 1.82) is 0 Å². The highest BCUT2D eigenvalue weighted by atomic mass is 32.1. The van der Waals surface area contributed by atoms with Gasteiger partial charge in [0.25, 0.3) is 0 Å². The van der Waals surface area contributed by atoms with Gasteiger partial charge in [0.2, 0.25) is 0 Å². The van der Waals surface area contributed by atoms with E-state index in [0.717, 1.165) is 27.1 Å². The quantitative estimate of drug-likeness (QED) is 0.663. The van der Waals surface area contributed by atoms with Crippen LogP contribution in [0, 0.1) is 11.6 Å². The first-order valence-corrected chi connectivity index (χ1v) is 5.80. The highest BCUT2D eigenvalue weighted by Crippen LogP contribution is 2.18. The van der Waals surface area contributed by atoms with Gasteiger partial charge in [0, 0.05) is 23.4 Å². The van der Waals surface area contributed by atoms with E-state index in [1.165, 1.54) is 0 Å². The van der Waals surface area contributed by atoms with Gasteiger partial charge in [0.1, 0.15) is 4.64 Å². The Bertz CT molecular complexity index is 725. The molecule has 3 nitrogen and oxygen atoms in total. The lowest BCUT2D eigenvalue weighted by atomic mass is 10.1. The minimum absolute atomic E-state index is 0.738. The van der Waals surface area contributed by atoms with Crippen LogP contribution in [0.25, 0.3) is 16.9 Å². The van der Waals surface area contributed by atoms with Gasteiger partial charge in [0.15, 0.2) is 5.65 Å². The Hall–Kier alpha value is -1.94. The van der Waals surface area contributed by atoms with Gasteiger partial charge in [-0.05, 0) is 6.92 Å². The van der Waals surface area contributed by atoms with Crippen LogP contribution in [0.2, 0.25) is 0 Å². The Kier molecular flexibility index (Phi) is 2.30. The molecule has 0 aliphatic carbocycles. The van der Waals surface area contributed by atoms with Crippen molar-refractivity contribution in [1.82, 2.24) is 14.6 Å². The third-order valence-corrected chi connectivity index (χ3v) is 3.05. The number of hydrogen-bond donors (Lipinski definition) is 1. The first-order chi connectivity index (χ1) is 8.25. The van der Waals surface area contributed by atoms with Gasteiger partial charge in [-0.15, -0.1) is 0 Å². The summed E-state index contributed by atoms with van der Waals surface area (Å²) in [5.41, 5.74) is 3.98. The minimum atomic E-state index is 0.738. The fraction of sp³-hybridized carbons (Fsp3) is 0.0769. The van der Waals surface area contributed by atoms with Crippen molar-refractivity contribution in [3.05, 3.63) is 52.8 Å². The van der Waals surface area contributed by atoms with E-state index in [1.807, 2.05) is 54.0 Å². The van der Waals surface area contributed by atoms with Crippen LogP contribution in [-0.2, 0) is 0 Å². The maximum Gasteiger partial charge on any atom is 0.157 e. The van der Waals surface area contributed by atoms with Crippen LogP contribution in [0.1, 0.15) is 5.56 Å². The zero-order valence-electron chi connectivity index (χ0n) is 9.34. The summed E-state index contributed by atoms with van der Waals surface area (Å²) in [5.74, 6) is 0. The van der Waals surface area contributed by atoms with Crippen molar-refractivity contribution < 1.29 is 0 Å². The molecule has 2 heterocycles. The first kappa shape index (κ1) is 10.2. The second-order valence-electron chi connectivity index (χ2n) is 3.96. The lowest BCUT2D eigenvalue weighted by Crippen LogP contribution is -1.94. The minimum Gasteiger partial charge on any atom is -0.299 e. The smallest absolute Gasteiger partial charge is 0.157 e. The summed E-state index contributed by atoms with van der Waals surface area (Å²) < 4.78 is 2.55. The fourth-order valence-corrected chi connectivity index (χ4v) is 2.11. The Morgan fingerprint density at radius 3 is 2.76 bits per heavy atom. The number of aromatic amines is 1. The number of aryl methyl sites for hydroxylation is 1. The van der Waals surface area contributed by atoms with Crippen LogP contribution in [0.15, 0.2) is 42.6 Å². The molecule has 17 heavy (non-hydrogen) atoms. The zero-order chi connectivity index (χ0) is 11.8. The molecule has 0 amide bonds. The molecule has 1 N–H and O–H groups in total. The predicted octanol–water partition coefficient (Wildman–Crippen LogP) is 3.37. The molecule has 0 unspecified atom stereocenters. The lowest BCUT2D eigenvalue weighted by molar-refractivity contribution is 0.926. The van der Waals surface area contributed by atoms with Gasteiger partial charge in [0.05, 0.1) is 5.69 Å². The molecule has 0 fully saturated rings. The van der Waals surface area contributed by atoms with Crippen molar-refractivity contribution in [2.75, 3.05) is 0 Å². The number of rotatable bonds is 1. The molecule has 4 heteroatoms. The Labute approximate surface area is 104 Å². The number of nitrogens with one attached hydrogen (secondary N) is 1. The molecule has 2 aromatic heterocycles. The summed E-state index contributed by atoms with van der Waals surface area (Å²) in [4.78, 5) is 4.63. The number of benzene rings is 1. The number of fused-ring (bicyclic) bond motifs is 1. The topological polar surface area (TPSA) is 33.1 Å². The van der Waals surface area contributed by atoms with E-state index >= 15 is 0 Å². The first-order valence-electron chi connectivity index (χ1n) is 5.39. The highest BCUT2D eigenvalue weighted by Gasteiger charge is 2.05. The predicted molar refractivity (Wildman–Crippen MR) is 70.5 cm³/mol. The highest BCUT2D eigenvalue weighted by molar-refractivity contribution is 7.71. The summed E-state index contributed by atoms with van der Waals surface area (Å²) >= 11 is 5.35. The van der Waals surface area contributed by atoms with Gasteiger partial charge < -0.3 is 0 Å². The molecular weight excluding hydrogens is 230 g/mol. The summed E-state index contributed by atoms with van der Waals surface area (Å²) in [6.45, 7) is 2.02. The normalized spacial score (nSPS) is 10.9. The molecule has 84 valence electrons. The van der Waals surface area contributed by atoms with Gasteiger partial charge in [-0.3, -0.25) is 5.10 Å². The van der Waals surface area contributed by atoms with E-state index in [-0.39, 0.29) is 0 Å². The molecule has 3 aromatic rings. The van der Waals surface area contributed by atoms with Crippen LogP contribution in [-0.4, -0.2) is 14.6 Å². The Morgan fingerprint density at radius 2 is 2.00 bits per heavy atom. The van der Waals surface area contributed by atoms with Crippen molar-refractivity contribution in [2.45, 2.75) is 6.92 Å². The van der Waals surface area contributed by atoms with Crippen molar-refractivity contribution >= 4 is 17.9 Å². The standard InChI is InChI=1S/C13H11N3S/c1-9-8-14-16-12(17)7-11(15-13(9)16)10-5-3-2-4-6-10/h2-8,14H,1H3. The molecule has 0 radical (unpaired) electrons. The molecule has 0 aliphatic rings. The van der Waals surface area contributed by atoms with E-state index in [4.69, 9.17) is 12.2 Å². The van der Waals surface area contributed by atoms with E-state index < -0.39 is 0 Å². The second-order valence-corrected chi connectivity index (χ2v) is 4.38. The van der Waals surface area contributed by atoms with Crippen LogP contribution >= 0.6 is 12.2 Å².